The summed E-state index contributed by atoms with van der Waals surface area (Å²) in [6, 6.07) is 5.85. The molecule has 23 heavy (non-hydrogen) atoms. The van der Waals surface area contributed by atoms with Gasteiger partial charge < -0.3 is 9.73 Å². The molecule has 0 aliphatic heterocycles. The fourth-order valence-electron chi connectivity index (χ4n) is 2.66. The predicted octanol–water partition coefficient (Wildman–Crippen LogP) is 2.78. The first-order valence-corrected chi connectivity index (χ1v) is 7.40. The van der Waals surface area contributed by atoms with Gasteiger partial charge in [-0.15, -0.1) is 10.2 Å². The van der Waals surface area contributed by atoms with Crippen molar-refractivity contribution in [1.29, 1.82) is 0 Å². The van der Waals surface area contributed by atoms with Crippen LogP contribution in [0.4, 0.5) is 0 Å². The fourth-order valence-corrected chi connectivity index (χ4v) is 2.66. The Kier molecular flexibility index (Phi) is 3.82. The Bertz CT molecular complexity index is 899. The van der Waals surface area contributed by atoms with Crippen LogP contribution in [0.5, 0.6) is 0 Å². The van der Waals surface area contributed by atoms with Gasteiger partial charge in [0.05, 0.1) is 17.6 Å². The van der Waals surface area contributed by atoms with Crippen LogP contribution in [-0.2, 0) is 6.54 Å². The van der Waals surface area contributed by atoms with E-state index in [2.05, 4.69) is 26.6 Å². The highest BCUT2D eigenvalue weighted by Crippen LogP contribution is 2.23. The van der Waals surface area contributed by atoms with Gasteiger partial charge in [-0.2, -0.15) is 0 Å². The van der Waals surface area contributed by atoms with E-state index in [1.807, 2.05) is 26.8 Å². The van der Waals surface area contributed by atoms with Crippen LogP contribution in [0.15, 0.2) is 22.6 Å². The molecule has 6 nitrogen and oxygen atoms in total. The fraction of sp³-hybridized carbons (Fsp3) is 0.294. The molecule has 1 aromatic carbocycles. The second-order valence-electron chi connectivity index (χ2n) is 5.69. The standard InChI is InChI=1S/C17H18N4O2/c1-9-5-10(2)16-13(6-9)14(7-11(3)19-16)17(22)18-8-15-21-20-12(4)23-15/h5-7H,8H2,1-4H3,(H,18,22). The molecule has 0 radical (unpaired) electrons. The minimum Gasteiger partial charge on any atom is -0.424 e. The summed E-state index contributed by atoms with van der Waals surface area (Å²) in [5.41, 5.74) is 4.43. The van der Waals surface area contributed by atoms with Crippen molar-refractivity contribution in [2.45, 2.75) is 34.2 Å². The van der Waals surface area contributed by atoms with E-state index in [0.29, 0.717) is 17.3 Å². The molecule has 0 fully saturated rings. The molecule has 0 spiro atoms. The number of carbonyl (C=O) groups is 1. The van der Waals surface area contributed by atoms with Crippen molar-refractivity contribution < 1.29 is 9.21 Å². The van der Waals surface area contributed by atoms with E-state index >= 15 is 0 Å². The van der Waals surface area contributed by atoms with Crippen LogP contribution in [0.2, 0.25) is 0 Å². The highest BCUT2D eigenvalue weighted by atomic mass is 16.4. The lowest BCUT2D eigenvalue weighted by Crippen LogP contribution is -2.23. The van der Waals surface area contributed by atoms with Crippen molar-refractivity contribution in [1.82, 2.24) is 20.5 Å². The molecule has 6 heteroatoms. The highest BCUT2D eigenvalue weighted by Gasteiger charge is 2.14. The molecule has 0 atom stereocenters. The van der Waals surface area contributed by atoms with Crippen molar-refractivity contribution in [2.75, 3.05) is 0 Å². The SMILES string of the molecule is Cc1cc(C)c2nc(C)cc(C(=O)NCc3nnc(C)o3)c2c1. The molecular weight excluding hydrogens is 292 g/mol. The molecule has 3 rings (SSSR count). The van der Waals surface area contributed by atoms with Crippen LogP contribution >= 0.6 is 0 Å². The van der Waals surface area contributed by atoms with Gasteiger partial charge in [0, 0.05) is 18.0 Å². The van der Waals surface area contributed by atoms with Crippen molar-refractivity contribution in [2.24, 2.45) is 0 Å². The summed E-state index contributed by atoms with van der Waals surface area (Å²) in [5.74, 6) is 0.686. The second-order valence-corrected chi connectivity index (χ2v) is 5.69. The third kappa shape index (κ3) is 3.06. The van der Waals surface area contributed by atoms with Crippen LogP contribution in [0.25, 0.3) is 10.9 Å². The lowest BCUT2D eigenvalue weighted by Gasteiger charge is -2.10. The maximum atomic E-state index is 12.6. The van der Waals surface area contributed by atoms with Crippen LogP contribution in [0.1, 0.15) is 39.0 Å². The summed E-state index contributed by atoms with van der Waals surface area (Å²) >= 11 is 0. The number of benzene rings is 1. The number of hydrogen-bond donors (Lipinski definition) is 1. The number of fused-ring (bicyclic) bond motifs is 1. The molecule has 0 aliphatic rings. The second kappa shape index (κ2) is 5.79. The van der Waals surface area contributed by atoms with Gasteiger partial charge in [-0.25, -0.2) is 0 Å². The number of hydrogen-bond acceptors (Lipinski definition) is 5. The maximum Gasteiger partial charge on any atom is 0.252 e. The summed E-state index contributed by atoms with van der Waals surface area (Å²) in [4.78, 5) is 17.1. The molecule has 1 amide bonds. The third-order valence-electron chi connectivity index (χ3n) is 3.59. The molecule has 2 heterocycles. The zero-order valence-electron chi connectivity index (χ0n) is 13.6. The molecule has 0 saturated carbocycles. The Morgan fingerprint density at radius 2 is 1.91 bits per heavy atom. The molecule has 2 aromatic heterocycles. The number of amides is 1. The van der Waals surface area contributed by atoms with Gasteiger partial charge in [-0.1, -0.05) is 11.6 Å². The summed E-state index contributed by atoms with van der Waals surface area (Å²) in [7, 11) is 0. The quantitative estimate of drug-likeness (QED) is 0.804. The Labute approximate surface area is 133 Å². The maximum absolute atomic E-state index is 12.6. The van der Waals surface area contributed by atoms with Gasteiger partial charge >= 0.3 is 0 Å². The third-order valence-corrected chi connectivity index (χ3v) is 3.59. The normalized spacial score (nSPS) is 11.0. The van der Waals surface area contributed by atoms with E-state index in [0.717, 1.165) is 27.7 Å². The van der Waals surface area contributed by atoms with Gasteiger partial charge in [-0.05, 0) is 38.5 Å². The number of rotatable bonds is 3. The number of carbonyl (C=O) groups excluding carboxylic acids is 1. The predicted molar refractivity (Wildman–Crippen MR) is 86.2 cm³/mol. The lowest BCUT2D eigenvalue weighted by molar-refractivity contribution is 0.0948. The monoisotopic (exact) mass is 310 g/mol. The number of nitrogens with one attached hydrogen (secondary N) is 1. The molecule has 0 saturated heterocycles. The smallest absolute Gasteiger partial charge is 0.252 e. The van der Waals surface area contributed by atoms with Crippen LogP contribution in [0, 0.1) is 27.7 Å². The minimum absolute atomic E-state index is 0.179. The van der Waals surface area contributed by atoms with E-state index in [1.165, 1.54) is 0 Å². The Balaban J connectivity index is 1.96. The average Bonchev–Trinajstić information content (AvgIpc) is 2.90. The first kappa shape index (κ1) is 15.1. The zero-order chi connectivity index (χ0) is 16.6. The first-order chi connectivity index (χ1) is 10.9. The minimum atomic E-state index is -0.179. The van der Waals surface area contributed by atoms with Crippen molar-refractivity contribution in [3.63, 3.8) is 0 Å². The summed E-state index contributed by atoms with van der Waals surface area (Å²) in [6.45, 7) is 7.81. The lowest BCUT2D eigenvalue weighted by atomic mass is 10.0. The summed E-state index contributed by atoms with van der Waals surface area (Å²) in [6.07, 6.45) is 0. The van der Waals surface area contributed by atoms with Gasteiger partial charge in [0.25, 0.3) is 5.91 Å². The number of nitrogens with zero attached hydrogens (tertiary/aromatic N) is 3. The van der Waals surface area contributed by atoms with Crippen molar-refractivity contribution in [3.8, 4) is 0 Å². The Morgan fingerprint density at radius 1 is 1.13 bits per heavy atom. The van der Waals surface area contributed by atoms with Gasteiger partial charge in [-0.3, -0.25) is 9.78 Å². The van der Waals surface area contributed by atoms with E-state index in [9.17, 15) is 4.79 Å². The number of pyridine rings is 1. The number of aryl methyl sites for hydroxylation is 4. The van der Waals surface area contributed by atoms with E-state index in [1.54, 1.807) is 13.0 Å². The van der Waals surface area contributed by atoms with Crippen LogP contribution < -0.4 is 5.32 Å². The molecule has 118 valence electrons. The molecule has 1 N–H and O–H groups in total. The van der Waals surface area contributed by atoms with Crippen molar-refractivity contribution >= 4 is 16.8 Å². The van der Waals surface area contributed by atoms with Crippen LogP contribution in [0.3, 0.4) is 0 Å². The zero-order valence-corrected chi connectivity index (χ0v) is 13.6. The van der Waals surface area contributed by atoms with Crippen molar-refractivity contribution in [3.05, 3.63) is 52.4 Å². The van der Waals surface area contributed by atoms with Crippen LogP contribution in [-0.4, -0.2) is 21.1 Å². The Morgan fingerprint density at radius 3 is 2.61 bits per heavy atom. The summed E-state index contributed by atoms with van der Waals surface area (Å²) < 4.78 is 5.27. The topological polar surface area (TPSA) is 80.9 Å². The highest BCUT2D eigenvalue weighted by molar-refractivity contribution is 6.07. The molecule has 0 bridgehead atoms. The number of aromatic nitrogens is 3. The average molecular weight is 310 g/mol. The Hall–Kier alpha value is -2.76. The molecule has 0 aliphatic carbocycles. The molecule has 3 aromatic rings. The van der Waals surface area contributed by atoms with Gasteiger partial charge in [0.2, 0.25) is 11.8 Å². The largest absolute Gasteiger partial charge is 0.424 e. The van der Waals surface area contributed by atoms with Gasteiger partial charge in [0.1, 0.15) is 0 Å². The van der Waals surface area contributed by atoms with E-state index < -0.39 is 0 Å². The van der Waals surface area contributed by atoms with Gasteiger partial charge in [0.15, 0.2) is 0 Å². The first-order valence-electron chi connectivity index (χ1n) is 7.40. The van der Waals surface area contributed by atoms with E-state index in [4.69, 9.17) is 4.42 Å². The summed E-state index contributed by atoms with van der Waals surface area (Å²) in [5, 5.41) is 11.3. The molecule has 0 unspecified atom stereocenters. The molecular formula is C17H18N4O2. The van der Waals surface area contributed by atoms with E-state index in [-0.39, 0.29) is 12.5 Å².